The molecule has 6 aliphatic rings. The average Bonchev–Trinajstić information content (AvgIpc) is 3.39. The van der Waals surface area contributed by atoms with Crippen LogP contribution >= 0.6 is 0 Å². The summed E-state index contributed by atoms with van der Waals surface area (Å²) in [6, 6.07) is 8.39. The molecule has 0 aromatic heterocycles. The topological polar surface area (TPSA) is 133 Å². The van der Waals surface area contributed by atoms with Crippen molar-refractivity contribution in [1.29, 1.82) is 0 Å². The van der Waals surface area contributed by atoms with Crippen molar-refractivity contribution in [1.82, 2.24) is 4.90 Å². The van der Waals surface area contributed by atoms with Gasteiger partial charge >= 0.3 is 11.9 Å². The lowest BCUT2D eigenvalue weighted by molar-refractivity contribution is -0.316. The number of hydrogen-bond donors (Lipinski definition) is 2. The first-order valence-corrected chi connectivity index (χ1v) is 15.7. The van der Waals surface area contributed by atoms with E-state index in [1.54, 1.807) is 45.6 Å². The Hall–Kier alpha value is -2.12. The number of ether oxygens (including phenoxy) is 6. The highest BCUT2D eigenvalue weighted by Gasteiger charge is 2.91. The van der Waals surface area contributed by atoms with Gasteiger partial charge < -0.3 is 43.5 Å². The van der Waals surface area contributed by atoms with Gasteiger partial charge in [-0.3, -0.25) is 4.79 Å². The predicted octanol–water partition coefficient (Wildman–Crippen LogP) is 1.29. The smallest absolute Gasteiger partial charge is 0.338 e. The molecule has 242 valence electrons. The van der Waals surface area contributed by atoms with E-state index in [1.807, 2.05) is 6.07 Å². The first kappa shape index (κ1) is 30.5. The molecule has 5 saturated carbocycles. The number of hydrogen-bond acceptors (Lipinski definition) is 11. The van der Waals surface area contributed by atoms with E-state index in [0.717, 1.165) is 19.4 Å². The molecule has 1 aliphatic heterocycles. The molecule has 1 saturated heterocycles. The van der Waals surface area contributed by atoms with Crippen LogP contribution in [0.1, 0.15) is 36.5 Å². The maximum absolute atomic E-state index is 13.7. The van der Waals surface area contributed by atoms with Crippen LogP contribution in [-0.4, -0.2) is 123 Å². The van der Waals surface area contributed by atoms with Gasteiger partial charge in [0.1, 0.15) is 23.9 Å². The number of fused-ring (bicyclic) bond motifs is 2. The zero-order chi connectivity index (χ0) is 31.4. The molecule has 7 bridgehead atoms. The van der Waals surface area contributed by atoms with Gasteiger partial charge in [0.05, 0.1) is 24.4 Å². The molecule has 44 heavy (non-hydrogen) atoms. The van der Waals surface area contributed by atoms with Crippen molar-refractivity contribution in [2.75, 3.05) is 48.6 Å². The Morgan fingerprint density at radius 1 is 1.02 bits per heavy atom. The van der Waals surface area contributed by atoms with Gasteiger partial charge in [0, 0.05) is 76.5 Å². The van der Waals surface area contributed by atoms with Gasteiger partial charge in [-0.1, -0.05) is 18.2 Å². The Bertz CT molecular complexity index is 1310. The number of benzene rings is 1. The van der Waals surface area contributed by atoms with Crippen LogP contribution in [0.2, 0.25) is 0 Å². The summed E-state index contributed by atoms with van der Waals surface area (Å²) in [6.45, 7) is 2.56. The molecule has 6 fully saturated rings. The largest absolute Gasteiger partial charge is 0.455 e. The molecule has 0 unspecified atom stereocenters. The van der Waals surface area contributed by atoms with Crippen molar-refractivity contribution < 1.29 is 48.2 Å². The highest BCUT2D eigenvalue weighted by atomic mass is 16.6. The zero-order valence-corrected chi connectivity index (χ0v) is 26.3. The van der Waals surface area contributed by atoms with E-state index >= 15 is 0 Å². The molecule has 11 heteroatoms. The van der Waals surface area contributed by atoms with E-state index in [9.17, 15) is 19.8 Å². The number of aliphatic hydroxyl groups excluding tert-OH is 1. The molecular weight excluding hydrogens is 570 g/mol. The van der Waals surface area contributed by atoms with E-state index < -0.39 is 64.8 Å². The van der Waals surface area contributed by atoms with Crippen molar-refractivity contribution in [3.8, 4) is 0 Å². The van der Waals surface area contributed by atoms with Crippen molar-refractivity contribution in [2.45, 2.75) is 73.9 Å². The Morgan fingerprint density at radius 3 is 2.36 bits per heavy atom. The summed E-state index contributed by atoms with van der Waals surface area (Å²) in [5, 5.41) is 25.1. The highest BCUT2D eigenvalue weighted by molar-refractivity contribution is 5.89. The van der Waals surface area contributed by atoms with Crippen LogP contribution in [0.25, 0.3) is 0 Å². The third-order valence-electron chi connectivity index (χ3n) is 12.8. The Morgan fingerprint density at radius 2 is 1.75 bits per heavy atom. The quantitative estimate of drug-likeness (QED) is 0.410. The van der Waals surface area contributed by atoms with Crippen molar-refractivity contribution in [3.63, 3.8) is 0 Å². The number of carbonyl (C=O) groups excluding carboxylic acids is 2. The predicted molar refractivity (Wildman–Crippen MR) is 154 cm³/mol. The van der Waals surface area contributed by atoms with Crippen LogP contribution in [0.3, 0.4) is 0 Å². The molecule has 1 aromatic carbocycles. The van der Waals surface area contributed by atoms with Crippen LogP contribution in [0.4, 0.5) is 0 Å². The first-order chi connectivity index (χ1) is 21.0. The van der Waals surface area contributed by atoms with Gasteiger partial charge in [0.25, 0.3) is 0 Å². The highest BCUT2D eigenvalue weighted by Crippen LogP contribution is 2.80. The van der Waals surface area contributed by atoms with Crippen molar-refractivity contribution in [2.24, 2.45) is 34.5 Å². The molecule has 1 spiro atoms. The Kier molecular flexibility index (Phi) is 7.07. The number of piperidine rings is 1. The second kappa shape index (κ2) is 10.2. The SMILES string of the molecule is COC[C@@]12CC[C@H](OC)[C@]34[C@H]([C@H]([C@H](OC)[C@H]13)[C@]1(OC(C)=O)[C@@H]3[C@@H](OC(=O)c5ccccc5)[C@@](O)(C[C@@H]34)[C@H](OC)[C@@H]1O)N(C)C2. The maximum Gasteiger partial charge on any atom is 0.338 e. The van der Waals surface area contributed by atoms with E-state index in [-0.39, 0.29) is 35.8 Å². The summed E-state index contributed by atoms with van der Waals surface area (Å²) in [5.41, 5.74) is -3.93. The molecule has 1 aromatic rings. The van der Waals surface area contributed by atoms with E-state index in [2.05, 4.69) is 11.9 Å². The summed E-state index contributed by atoms with van der Waals surface area (Å²) >= 11 is 0. The third kappa shape index (κ3) is 3.41. The van der Waals surface area contributed by atoms with E-state index in [0.29, 0.717) is 12.2 Å². The second-order valence-corrected chi connectivity index (χ2v) is 14.2. The number of methoxy groups -OCH3 is 4. The minimum absolute atomic E-state index is 0.103. The second-order valence-electron chi connectivity index (χ2n) is 14.2. The number of rotatable bonds is 8. The minimum atomic E-state index is -1.76. The van der Waals surface area contributed by atoms with Crippen molar-refractivity contribution >= 4 is 11.9 Å². The molecule has 14 atom stereocenters. The van der Waals surface area contributed by atoms with Crippen molar-refractivity contribution in [3.05, 3.63) is 35.9 Å². The zero-order valence-electron chi connectivity index (χ0n) is 26.3. The number of esters is 2. The molecule has 7 rings (SSSR count). The lowest BCUT2D eigenvalue weighted by Gasteiger charge is -2.69. The number of nitrogens with zero attached hydrogens (tertiary/aromatic N) is 1. The fourth-order valence-electron chi connectivity index (χ4n) is 12.3. The average molecular weight is 616 g/mol. The van der Waals surface area contributed by atoms with Gasteiger partial charge in [-0.15, -0.1) is 0 Å². The monoisotopic (exact) mass is 615 g/mol. The molecule has 2 N–H and O–H groups in total. The summed E-state index contributed by atoms with van der Waals surface area (Å²) in [4.78, 5) is 29.2. The summed E-state index contributed by atoms with van der Waals surface area (Å²) in [6.07, 6.45) is -2.66. The van der Waals surface area contributed by atoms with Crippen LogP contribution in [0.15, 0.2) is 30.3 Å². The van der Waals surface area contributed by atoms with Gasteiger partial charge in [0.2, 0.25) is 0 Å². The standard InChI is InChI=1S/C33H45NO10/c1-17(35)44-33-21-19(14-31(38,28(42-6)26(33)36)27(21)43-29(37)18-10-8-7-9-11-18)32-20(40-4)12-13-30(16-39-3)15-34(2)25(32)22(33)23(41-5)24(30)32/h7-11,19-28,36,38H,12-16H2,1-6H3/t19-,20-,21-,22-,23-,24+,25-,26-,27+,28+,30-,31-,32-,33+/m0/s1. The van der Waals surface area contributed by atoms with Crippen LogP contribution in [-0.2, 0) is 33.2 Å². The molecule has 0 amide bonds. The van der Waals surface area contributed by atoms with Gasteiger partial charge in [-0.05, 0) is 44.4 Å². The molecule has 5 aliphatic carbocycles. The fraction of sp³-hybridized carbons (Fsp3) is 0.758. The summed E-state index contributed by atoms with van der Waals surface area (Å²) in [7, 11) is 8.63. The molecular formula is C33H45NO10. The summed E-state index contributed by atoms with van der Waals surface area (Å²) in [5.74, 6) is -2.96. The molecule has 11 nitrogen and oxygen atoms in total. The number of aliphatic hydroxyl groups is 2. The van der Waals surface area contributed by atoms with Gasteiger partial charge in [-0.25, -0.2) is 4.79 Å². The van der Waals surface area contributed by atoms with Gasteiger partial charge in [0.15, 0.2) is 5.60 Å². The number of likely N-dealkylation sites (tertiary alicyclic amines) is 1. The first-order valence-electron chi connectivity index (χ1n) is 15.7. The molecule has 0 radical (unpaired) electrons. The lowest BCUT2D eigenvalue weighted by atomic mass is 9.43. The molecule has 1 heterocycles. The Labute approximate surface area is 258 Å². The lowest BCUT2D eigenvalue weighted by Crippen LogP contribution is -2.80. The number of carbonyl (C=O) groups is 2. The van der Waals surface area contributed by atoms with Gasteiger partial charge in [-0.2, -0.15) is 0 Å². The maximum atomic E-state index is 13.7. The van der Waals surface area contributed by atoms with Crippen LogP contribution < -0.4 is 0 Å². The van der Waals surface area contributed by atoms with Crippen LogP contribution in [0, 0.1) is 34.5 Å². The summed E-state index contributed by atoms with van der Waals surface area (Å²) < 4.78 is 37.5. The fourth-order valence-corrected chi connectivity index (χ4v) is 12.3. The minimum Gasteiger partial charge on any atom is -0.455 e. The van der Waals surface area contributed by atoms with E-state index in [1.165, 1.54) is 14.0 Å². The third-order valence-corrected chi connectivity index (χ3v) is 12.8. The van der Waals surface area contributed by atoms with Crippen LogP contribution in [0.5, 0.6) is 0 Å². The normalized spacial score (nSPS) is 49.9. The Balaban J connectivity index is 1.51. The van der Waals surface area contributed by atoms with E-state index in [4.69, 9.17) is 28.4 Å².